The molecule has 4 rings (SSSR count). The largest absolute Gasteiger partial charge is 0.497 e. The van der Waals surface area contributed by atoms with Gasteiger partial charge in [-0.25, -0.2) is 0 Å². The van der Waals surface area contributed by atoms with Gasteiger partial charge in [-0.05, 0) is 29.8 Å². The number of hydrogen-bond donors (Lipinski definition) is 1. The molecule has 2 heterocycles. The Balaban J connectivity index is 1.61. The average Bonchev–Trinajstić information content (AvgIpc) is 3.22. The Hall–Kier alpha value is -2.59. The quantitative estimate of drug-likeness (QED) is 0.581. The fraction of sp³-hybridized carbons (Fsp3) is 0.105. The summed E-state index contributed by atoms with van der Waals surface area (Å²) in [5.41, 5.74) is 4.55. The fourth-order valence-corrected chi connectivity index (χ4v) is 3.68. The van der Waals surface area contributed by atoms with Crippen LogP contribution in [0.25, 0.3) is 21.3 Å². The molecule has 3 nitrogen and oxygen atoms in total. The monoisotopic (exact) mass is 320 g/mol. The van der Waals surface area contributed by atoms with Gasteiger partial charge >= 0.3 is 0 Å². The molecule has 0 spiro atoms. The molecule has 2 aromatic carbocycles. The van der Waals surface area contributed by atoms with Crippen LogP contribution in [0, 0.1) is 0 Å². The van der Waals surface area contributed by atoms with Crippen molar-refractivity contribution in [3.05, 3.63) is 71.2 Å². The minimum Gasteiger partial charge on any atom is -0.497 e. The Labute approximate surface area is 138 Å². The topological polar surface area (TPSA) is 37.9 Å². The number of benzene rings is 2. The summed E-state index contributed by atoms with van der Waals surface area (Å²) >= 11 is 1.76. The molecule has 0 aliphatic heterocycles. The molecule has 4 aromatic rings. The number of nitrogens with one attached hydrogen (secondary N) is 1. The van der Waals surface area contributed by atoms with Crippen molar-refractivity contribution in [1.29, 1.82) is 0 Å². The summed E-state index contributed by atoms with van der Waals surface area (Å²) in [4.78, 5) is 0. The Morgan fingerprint density at radius 1 is 1.09 bits per heavy atom. The first-order valence-corrected chi connectivity index (χ1v) is 8.35. The van der Waals surface area contributed by atoms with Crippen molar-refractivity contribution in [3.8, 4) is 17.0 Å². The Morgan fingerprint density at radius 3 is 2.74 bits per heavy atom. The van der Waals surface area contributed by atoms with Crippen molar-refractivity contribution >= 4 is 21.4 Å². The molecule has 0 atom stereocenters. The van der Waals surface area contributed by atoms with E-state index in [1.807, 2.05) is 12.1 Å². The SMILES string of the molecule is COc1ccc(Cc2cc(-c3csc4ccccc34)n[nH]2)cc1. The predicted octanol–water partition coefficient (Wildman–Crippen LogP) is 4.89. The molecule has 0 bridgehead atoms. The molecule has 0 amide bonds. The van der Waals surface area contributed by atoms with Gasteiger partial charge in [0.2, 0.25) is 0 Å². The molecule has 4 heteroatoms. The molecule has 2 aromatic heterocycles. The number of H-pyrrole nitrogens is 1. The van der Waals surface area contributed by atoms with Crippen molar-refractivity contribution in [1.82, 2.24) is 10.2 Å². The highest BCUT2D eigenvalue weighted by Crippen LogP contribution is 2.33. The Kier molecular flexibility index (Phi) is 3.60. The molecule has 23 heavy (non-hydrogen) atoms. The highest BCUT2D eigenvalue weighted by molar-refractivity contribution is 7.17. The number of aromatic amines is 1. The van der Waals surface area contributed by atoms with Crippen LogP contribution in [-0.4, -0.2) is 17.3 Å². The van der Waals surface area contributed by atoms with Gasteiger partial charge in [-0.15, -0.1) is 11.3 Å². The lowest BCUT2D eigenvalue weighted by molar-refractivity contribution is 0.414. The van der Waals surface area contributed by atoms with Crippen LogP contribution in [0.1, 0.15) is 11.3 Å². The van der Waals surface area contributed by atoms with Gasteiger partial charge in [-0.1, -0.05) is 30.3 Å². The zero-order chi connectivity index (χ0) is 15.6. The first-order valence-electron chi connectivity index (χ1n) is 7.47. The second-order valence-corrected chi connectivity index (χ2v) is 6.36. The zero-order valence-corrected chi connectivity index (χ0v) is 13.6. The van der Waals surface area contributed by atoms with E-state index >= 15 is 0 Å². The first kappa shape index (κ1) is 14.0. The third kappa shape index (κ3) is 2.73. The van der Waals surface area contributed by atoms with Crippen LogP contribution in [-0.2, 0) is 6.42 Å². The van der Waals surface area contributed by atoms with Crippen LogP contribution in [0.2, 0.25) is 0 Å². The lowest BCUT2D eigenvalue weighted by Gasteiger charge is -2.01. The number of fused-ring (bicyclic) bond motifs is 1. The molecule has 0 unspecified atom stereocenters. The van der Waals surface area contributed by atoms with Crippen LogP contribution >= 0.6 is 11.3 Å². The van der Waals surface area contributed by atoms with Gasteiger partial charge in [-0.3, -0.25) is 5.10 Å². The maximum atomic E-state index is 5.19. The van der Waals surface area contributed by atoms with Crippen LogP contribution in [0.15, 0.2) is 60.0 Å². The van der Waals surface area contributed by atoms with Crippen LogP contribution < -0.4 is 4.74 Å². The molecule has 1 N–H and O–H groups in total. The van der Waals surface area contributed by atoms with Gasteiger partial charge in [0.15, 0.2) is 0 Å². The highest BCUT2D eigenvalue weighted by Gasteiger charge is 2.10. The third-order valence-electron chi connectivity index (χ3n) is 3.94. The molecule has 114 valence electrons. The van der Waals surface area contributed by atoms with Crippen LogP contribution in [0.5, 0.6) is 5.75 Å². The number of ether oxygens (including phenoxy) is 1. The predicted molar refractivity (Wildman–Crippen MR) is 95.2 cm³/mol. The summed E-state index contributed by atoms with van der Waals surface area (Å²) in [7, 11) is 1.68. The lowest BCUT2D eigenvalue weighted by atomic mass is 10.1. The molecule has 0 aliphatic carbocycles. The van der Waals surface area contributed by atoms with E-state index in [9.17, 15) is 0 Å². The second kappa shape index (κ2) is 5.89. The summed E-state index contributed by atoms with van der Waals surface area (Å²) in [6.45, 7) is 0. The Morgan fingerprint density at radius 2 is 1.91 bits per heavy atom. The number of thiophene rings is 1. The summed E-state index contributed by atoms with van der Waals surface area (Å²) in [6, 6.07) is 18.7. The summed E-state index contributed by atoms with van der Waals surface area (Å²) in [5, 5.41) is 11.1. The smallest absolute Gasteiger partial charge is 0.118 e. The van der Waals surface area contributed by atoms with Gasteiger partial charge < -0.3 is 4.74 Å². The molecule has 0 radical (unpaired) electrons. The normalized spacial score (nSPS) is 11.0. The average molecular weight is 320 g/mol. The standard InChI is InChI=1S/C19H16N2OS/c1-22-15-8-6-13(7-9-15)10-14-11-18(21-20-14)17-12-23-19-5-3-2-4-16(17)19/h2-9,11-12H,10H2,1H3,(H,20,21). The van der Waals surface area contributed by atoms with E-state index < -0.39 is 0 Å². The van der Waals surface area contributed by atoms with E-state index in [-0.39, 0.29) is 0 Å². The van der Waals surface area contributed by atoms with Crippen molar-refractivity contribution < 1.29 is 4.74 Å². The lowest BCUT2D eigenvalue weighted by Crippen LogP contribution is -1.89. The van der Waals surface area contributed by atoms with E-state index in [1.165, 1.54) is 21.2 Å². The maximum Gasteiger partial charge on any atom is 0.118 e. The summed E-state index contributed by atoms with van der Waals surface area (Å²) in [6.07, 6.45) is 0.832. The van der Waals surface area contributed by atoms with Crippen molar-refractivity contribution in [2.75, 3.05) is 7.11 Å². The second-order valence-electron chi connectivity index (χ2n) is 5.45. The van der Waals surface area contributed by atoms with E-state index in [0.717, 1.165) is 23.6 Å². The summed E-state index contributed by atoms with van der Waals surface area (Å²) < 4.78 is 6.49. The minimum absolute atomic E-state index is 0.832. The van der Waals surface area contributed by atoms with Crippen molar-refractivity contribution in [3.63, 3.8) is 0 Å². The first-order chi connectivity index (χ1) is 11.3. The fourth-order valence-electron chi connectivity index (χ4n) is 2.73. The molecular formula is C19H16N2OS. The van der Waals surface area contributed by atoms with E-state index in [1.54, 1.807) is 18.4 Å². The van der Waals surface area contributed by atoms with E-state index in [2.05, 4.69) is 58.0 Å². The molecule has 0 fully saturated rings. The molecule has 0 saturated carbocycles. The van der Waals surface area contributed by atoms with Gasteiger partial charge in [0.25, 0.3) is 0 Å². The van der Waals surface area contributed by atoms with Crippen LogP contribution in [0.3, 0.4) is 0 Å². The van der Waals surface area contributed by atoms with Gasteiger partial charge in [0, 0.05) is 33.1 Å². The van der Waals surface area contributed by atoms with E-state index in [0.29, 0.717) is 0 Å². The van der Waals surface area contributed by atoms with Crippen LogP contribution in [0.4, 0.5) is 0 Å². The summed E-state index contributed by atoms with van der Waals surface area (Å²) in [5.74, 6) is 0.879. The van der Waals surface area contributed by atoms with E-state index in [4.69, 9.17) is 4.74 Å². The van der Waals surface area contributed by atoms with Crippen molar-refractivity contribution in [2.45, 2.75) is 6.42 Å². The van der Waals surface area contributed by atoms with Gasteiger partial charge in [-0.2, -0.15) is 5.10 Å². The molecular weight excluding hydrogens is 304 g/mol. The highest BCUT2D eigenvalue weighted by atomic mass is 32.1. The number of rotatable bonds is 4. The van der Waals surface area contributed by atoms with Gasteiger partial charge in [0.05, 0.1) is 12.8 Å². The Bertz CT molecular complexity index is 937. The zero-order valence-electron chi connectivity index (χ0n) is 12.7. The minimum atomic E-state index is 0.832. The molecule has 0 aliphatic rings. The maximum absolute atomic E-state index is 5.19. The number of methoxy groups -OCH3 is 1. The number of nitrogens with zero attached hydrogens (tertiary/aromatic N) is 1. The third-order valence-corrected chi connectivity index (χ3v) is 4.90. The molecule has 0 saturated heterocycles. The van der Waals surface area contributed by atoms with Gasteiger partial charge in [0.1, 0.15) is 5.75 Å². The number of hydrogen-bond acceptors (Lipinski definition) is 3. The van der Waals surface area contributed by atoms with Crippen molar-refractivity contribution in [2.24, 2.45) is 0 Å². The number of aromatic nitrogens is 2.